The van der Waals surface area contributed by atoms with Crippen molar-refractivity contribution >= 4 is 14.0 Å². The molecule has 0 saturated heterocycles. The lowest BCUT2D eigenvalue weighted by molar-refractivity contribution is -0.143. The van der Waals surface area contributed by atoms with Gasteiger partial charge in [-0.1, -0.05) is 33.5 Å². The lowest BCUT2D eigenvalue weighted by Crippen LogP contribution is -2.16. The molecule has 0 aromatic carbocycles. The fraction of sp³-hybridized carbons (Fsp3) is 0.750. The zero-order valence-electron chi connectivity index (χ0n) is 10.5. The number of hydrogen-bond donors (Lipinski definition) is 0. The lowest BCUT2D eigenvalue weighted by atomic mass is 10.1. The summed E-state index contributed by atoms with van der Waals surface area (Å²) in [5, 5.41) is 0. The van der Waals surface area contributed by atoms with Gasteiger partial charge in [0, 0.05) is 5.92 Å². The highest BCUT2D eigenvalue weighted by atomic mass is 28.3. The van der Waals surface area contributed by atoms with E-state index in [1.165, 1.54) is 7.11 Å². The van der Waals surface area contributed by atoms with Crippen LogP contribution in [0.2, 0.25) is 19.6 Å². The Kier molecular flexibility index (Phi) is 3.02. The maximum Gasteiger partial charge on any atom is 0.310 e. The minimum atomic E-state index is -1.33. The number of carbonyl (C=O) groups is 1. The summed E-state index contributed by atoms with van der Waals surface area (Å²) in [4.78, 5) is 11.4. The van der Waals surface area contributed by atoms with Crippen molar-refractivity contribution in [3.8, 4) is 11.5 Å². The molecule has 2 unspecified atom stereocenters. The second-order valence-electron chi connectivity index (χ2n) is 5.82. The third kappa shape index (κ3) is 2.63. The number of hydrogen-bond acceptors (Lipinski definition) is 2. The van der Waals surface area contributed by atoms with E-state index in [0.717, 1.165) is 0 Å². The van der Waals surface area contributed by atoms with Gasteiger partial charge in [-0.25, -0.2) is 0 Å². The lowest BCUT2D eigenvalue weighted by Gasteiger charge is -2.03. The minimum absolute atomic E-state index is 0.000255. The first kappa shape index (κ1) is 12.3. The van der Waals surface area contributed by atoms with Crippen LogP contribution in [0.3, 0.4) is 0 Å². The summed E-state index contributed by atoms with van der Waals surface area (Å²) in [5.41, 5.74) is 3.33. The number of carbonyl (C=O) groups excluding carboxylic acids is 1. The molecule has 84 valence electrons. The summed E-state index contributed by atoms with van der Waals surface area (Å²) in [6, 6.07) is 0. The van der Waals surface area contributed by atoms with Gasteiger partial charge in [-0.15, -0.1) is 11.5 Å². The van der Waals surface area contributed by atoms with Gasteiger partial charge in [0.1, 0.15) is 8.07 Å². The Hall–Kier alpha value is -0.753. The molecular weight excluding hydrogens is 204 g/mol. The fourth-order valence-corrected chi connectivity index (χ4v) is 2.36. The van der Waals surface area contributed by atoms with Crippen molar-refractivity contribution in [2.45, 2.75) is 33.5 Å². The first-order valence-electron chi connectivity index (χ1n) is 5.30. The number of rotatable bonds is 1. The van der Waals surface area contributed by atoms with Crippen LogP contribution in [-0.2, 0) is 9.53 Å². The van der Waals surface area contributed by atoms with Crippen molar-refractivity contribution < 1.29 is 9.53 Å². The summed E-state index contributed by atoms with van der Waals surface area (Å²) in [6.45, 7) is 10.8. The Bertz CT molecular complexity index is 328. The minimum Gasteiger partial charge on any atom is -0.469 e. The topological polar surface area (TPSA) is 26.3 Å². The van der Waals surface area contributed by atoms with E-state index < -0.39 is 8.07 Å². The Morgan fingerprint density at radius 2 is 1.87 bits per heavy atom. The Morgan fingerprint density at radius 1 is 1.33 bits per heavy atom. The van der Waals surface area contributed by atoms with E-state index in [-0.39, 0.29) is 23.2 Å². The van der Waals surface area contributed by atoms with Crippen molar-refractivity contribution in [1.29, 1.82) is 0 Å². The predicted molar refractivity (Wildman–Crippen MR) is 63.9 cm³/mol. The second kappa shape index (κ2) is 3.68. The van der Waals surface area contributed by atoms with Crippen LogP contribution in [0.1, 0.15) is 13.8 Å². The van der Waals surface area contributed by atoms with Crippen LogP contribution in [0.15, 0.2) is 0 Å². The molecule has 1 saturated carbocycles. The molecule has 1 fully saturated rings. The van der Waals surface area contributed by atoms with Crippen LogP contribution in [0, 0.1) is 28.7 Å². The largest absolute Gasteiger partial charge is 0.469 e. The standard InChI is InChI=1S/C12H20O2Si/c1-12(2)9(7-8-15(4,5)6)10(12)11(13)14-3/h9-10H,1-6H3. The van der Waals surface area contributed by atoms with Crippen molar-refractivity contribution in [3.63, 3.8) is 0 Å². The molecule has 0 heterocycles. The first-order chi connectivity index (χ1) is 6.70. The maximum absolute atomic E-state index is 11.4. The van der Waals surface area contributed by atoms with Crippen molar-refractivity contribution in [2.75, 3.05) is 7.11 Å². The van der Waals surface area contributed by atoms with Crippen LogP contribution >= 0.6 is 0 Å². The molecule has 0 aliphatic heterocycles. The number of ether oxygens (including phenoxy) is 1. The second-order valence-corrected chi connectivity index (χ2v) is 10.6. The molecule has 0 aromatic heterocycles. The maximum atomic E-state index is 11.4. The van der Waals surface area contributed by atoms with Crippen LogP contribution < -0.4 is 0 Å². The molecule has 3 heteroatoms. The van der Waals surface area contributed by atoms with Gasteiger partial charge in [-0.2, -0.15) is 0 Å². The average Bonchev–Trinajstić information content (AvgIpc) is 2.62. The van der Waals surface area contributed by atoms with E-state index in [1.54, 1.807) is 0 Å². The van der Waals surface area contributed by atoms with Gasteiger partial charge < -0.3 is 4.74 Å². The monoisotopic (exact) mass is 224 g/mol. The molecule has 1 rings (SSSR count). The van der Waals surface area contributed by atoms with Gasteiger partial charge in [0.2, 0.25) is 0 Å². The Labute approximate surface area is 93.4 Å². The average molecular weight is 224 g/mol. The normalized spacial score (nSPS) is 27.6. The van der Waals surface area contributed by atoms with Gasteiger partial charge in [0.05, 0.1) is 13.0 Å². The highest BCUT2D eigenvalue weighted by Gasteiger charge is 2.62. The highest BCUT2D eigenvalue weighted by molar-refractivity contribution is 6.83. The molecule has 0 radical (unpaired) electrons. The predicted octanol–water partition coefficient (Wildman–Crippen LogP) is 2.31. The zero-order chi connectivity index (χ0) is 11.9. The van der Waals surface area contributed by atoms with Gasteiger partial charge in [-0.3, -0.25) is 4.79 Å². The van der Waals surface area contributed by atoms with Gasteiger partial charge >= 0.3 is 5.97 Å². The molecule has 2 nitrogen and oxygen atoms in total. The third-order valence-electron chi connectivity index (χ3n) is 2.89. The number of methoxy groups -OCH3 is 1. The van der Waals surface area contributed by atoms with E-state index in [0.29, 0.717) is 0 Å². The van der Waals surface area contributed by atoms with Crippen molar-refractivity contribution in [2.24, 2.45) is 17.3 Å². The summed E-state index contributed by atoms with van der Waals surface area (Å²) < 4.78 is 4.78. The van der Waals surface area contributed by atoms with Crippen LogP contribution in [-0.4, -0.2) is 21.2 Å². The summed E-state index contributed by atoms with van der Waals surface area (Å²) in [5.74, 6) is 3.32. The fourth-order valence-electron chi connectivity index (χ4n) is 1.77. The number of esters is 1. The molecule has 0 N–H and O–H groups in total. The molecular formula is C12H20O2Si. The molecule has 1 aliphatic carbocycles. The zero-order valence-corrected chi connectivity index (χ0v) is 11.5. The van der Waals surface area contributed by atoms with Gasteiger partial charge in [-0.05, 0) is 5.41 Å². The van der Waals surface area contributed by atoms with E-state index in [9.17, 15) is 4.79 Å². The smallest absolute Gasteiger partial charge is 0.310 e. The van der Waals surface area contributed by atoms with Crippen molar-refractivity contribution in [1.82, 2.24) is 0 Å². The summed E-state index contributed by atoms with van der Waals surface area (Å²) in [6.07, 6.45) is 0. The van der Waals surface area contributed by atoms with E-state index in [1.807, 2.05) is 0 Å². The van der Waals surface area contributed by atoms with Gasteiger partial charge in [0.25, 0.3) is 0 Å². The summed E-state index contributed by atoms with van der Waals surface area (Å²) >= 11 is 0. The van der Waals surface area contributed by atoms with E-state index >= 15 is 0 Å². The van der Waals surface area contributed by atoms with Crippen molar-refractivity contribution in [3.05, 3.63) is 0 Å². The highest BCUT2D eigenvalue weighted by Crippen LogP contribution is 2.58. The third-order valence-corrected chi connectivity index (χ3v) is 3.78. The molecule has 0 amide bonds. The van der Waals surface area contributed by atoms with Gasteiger partial charge in [0.15, 0.2) is 0 Å². The summed E-state index contributed by atoms with van der Waals surface area (Å²) in [7, 11) is 0.114. The van der Waals surface area contributed by atoms with Crippen LogP contribution in [0.5, 0.6) is 0 Å². The SMILES string of the molecule is COC(=O)C1C(C#C[Si](C)(C)C)C1(C)C. The first-order valence-corrected chi connectivity index (χ1v) is 8.80. The molecule has 15 heavy (non-hydrogen) atoms. The molecule has 2 atom stereocenters. The molecule has 1 aliphatic rings. The molecule has 0 aromatic rings. The Balaban J connectivity index is 2.74. The molecule has 0 spiro atoms. The Morgan fingerprint density at radius 3 is 2.27 bits per heavy atom. The molecule has 0 bridgehead atoms. The van der Waals surface area contributed by atoms with Crippen LogP contribution in [0.25, 0.3) is 0 Å². The van der Waals surface area contributed by atoms with E-state index in [4.69, 9.17) is 4.74 Å². The van der Waals surface area contributed by atoms with Crippen LogP contribution in [0.4, 0.5) is 0 Å². The van der Waals surface area contributed by atoms with E-state index in [2.05, 4.69) is 45.0 Å². The quantitative estimate of drug-likeness (QED) is 0.388.